The molecule has 0 amide bonds. The van der Waals surface area contributed by atoms with Gasteiger partial charge in [-0.1, -0.05) is 51.1 Å². The highest BCUT2D eigenvalue weighted by atomic mass is 16.3. The quantitative estimate of drug-likeness (QED) is 0.884. The van der Waals surface area contributed by atoms with Crippen molar-refractivity contribution in [2.24, 2.45) is 11.8 Å². The summed E-state index contributed by atoms with van der Waals surface area (Å²) in [7, 11) is 0. The van der Waals surface area contributed by atoms with E-state index in [4.69, 9.17) is 0 Å². The molecule has 1 aromatic carbocycles. The Kier molecular flexibility index (Phi) is 4.41. The Bertz CT molecular complexity index is 355. The summed E-state index contributed by atoms with van der Waals surface area (Å²) in [5, 5.41) is 10.6. The molecule has 2 heteroatoms. The molecule has 4 unspecified atom stereocenters. The van der Waals surface area contributed by atoms with E-state index in [9.17, 15) is 5.11 Å². The first-order valence-corrected chi connectivity index (χ1v) is 7.10. The zero-order valence-electron chi connectivity index (χ0n) is 11.7. The van der Waals surface area contributed by atoms with Gasteiger partial charge in [-0.05, 0) is 23.8 Å². The van der Waals surface area contributed by atoms with E-state index in [0.717, 1.165) is 36.9 Å². The lowest BCUT2D eigenvalue weighted by Gasteiger charge is -2.31. The van der Waals surface area contributed by atoms with Crippen molar-refractivity contribution in [3.05, 3.63) is 35.9 Å². The minimum absolute atomic E-state index is 0.250. The molecule has 1 N–H and O–H groups in total. The number of hydrogen-bond acceptors (Lipinski definition) is 2. The van der Waals surface area contributed by atoms with Gasteiger partial charge in [-0.2, -0.15) is 0 Å². The fourth-order valence-electron chi connectivity index (χ4n) is 3.00. The molecule has 0 aliphatic carbocycles. The van der Waals surface area contributed by atoms with E-state index in [-0.39, 0.29) is 12.1 Å². The summed E-state index contributed by atoms with van der Waals surface area (Å²) < 4.78 is 0. The second kappa shape index (κ2) is 5.85. The standard InChI is InChI=1S/C16H25NO/c1-4-15(17-10-12(2)13(3)11-17)16(18)14-8-6-5-7-9-14/h5-9,12-13,15-16,18H,4,10-11H2,1-3H3. The summed E-state index contributed by atoms with van der Waals surface area (Å²) in [5.41, 5.74) is 1.04. The van der Waals surface area contributed by atoms with Crippen LogP contribution >= 0.6 is 0 Å². The van der Waals surface area contributed by atoms with Crippen molar-refractivity contribution < 1.29 is 5.11 Å². The SMILES string of the molecule is CCC(C(O)c1ccccc1)N1CC(C)C(C)C1. The molecule has 100 valence electrons. The molecular weight excluding hydrogens is 222 g/mol. The van der Waals surface area contributed by atoms with Crippen LogP contribution < -0.4 is 0 Å². The van der Waals surface area contributed by atoms with Crippen LogP contribution in [0.1, 0.15) is 38.9 Å². The molecule has 0 aromatic heterocycles. The fourth-order valence-corrected chi connectivity index (χ4v) is 3.00. The zero-order chi connectivity index (χ0) is 13.1. The maximum Gasteiger partial charge on any atom is 0.0945 e. The molecular formula is C16H25NO. The molecule has 2 nitrogen and oxygen atoms in total. The van der Waals surface area contributed by atoms with Crippen molar-refractivity contribution in [2.45, 2.75) is 39.3 Å². The number of likely N-dealkylation sites (tertiary alicyclic amines) is 1. The predicted molar refractivity (Wildman–Crippen MR) is 75.4 cm³/mol. The summed E-state index contributed by atoms with van der Waals surface area (Å²) in [6, 6.07) is 10.3. The number of hydrogen-bond donors (Lipinski definition) is 1. The van der Waals surface area contributed by atoms with Gasteiger partial charge in [0.2, 0.25) is 0 Å². The average molecular weight is 247 g/mol. The molecule has 4 atom stereocenters. The van der Waals surface area contributed by atoms with Gasteiger partial charge in [0.15, 0.2) is 0 Å². The maximum absolute atomic E-state index is 10.6. The zero-order valence-corrected chi connectivity index (χ0v) is 11.7. The summed E-state index contributed by atoms with van der Waals surface area (Å²) in [5.74, 6) is 1.48. The fraction of sp³-hybridized carbons (Fsp3) is 0.625. The second-order valence-electron chi connectivity index (χ2n) is 5.74. The van der Waals surface area contributed by atoms with Crippen molar-refractivity contribution in [3.63, 3.8) is 0 Å². The van der Waals surface area contributed by atoms with Crippen molar-refractivity contribution >= 4 is 0 Å². The van der Waals surface area contributed by atoms with Gasteiger partial charge in [-0.25, -0.2) is 0 Å². The van der Waals surface area contributed by atoms with Crippen LogP contribution in [-0.4, -0.2) is 29.1 Å². The normalized spacial score (nSPS) is 28.2. The van der Waals surface area contributed by atoms with Gasteiger partial charge in [-0.3, -0.25) is 4.90 Å². The van der Waals surface area contributed by atoms with Gasteiger partial charge in [0.25, 0.3) is 0 Å². The van der Waals surface area contributed by atoms with E-state index >= 15 is 0 Å². The Hall–Kier alpha value is -0.860. The van der Waals surface area contributed by atoms with Gasteiger partial charge in [0, 0.05) is 19.1 Å². The first-order chi connectivity index (χ1) is 8.63. The first-order valence-electron chi connectivity index (χ1n) is 7.10. The van der Waals surface area contributed by atoms with Crippen molar-refractivity contribution in [3.8, 4) is 0 Å². The minimum atomic E-state index is -0.367. The number of nitrogens with zero attached hydrogens (tertiary/aromatic N) is 1. The molecule has 2 rings (SSSR count). The summed E-state index contributed by atoms with van der Waals surface area (Å²) in [6.45, 7) is 9.02. The van der Waals surface area contributed by atoms with E-state index in [1.807, 2.05) is 30.3 Å². The number of benzene rings is 1. The molecule has 0 radical (unpaired) electrons. The smallest absolute Gasteiger partial charge is 0.0945 e. The third kappa shape index (κ3) is 2.76. The average Bonchev–Trinajstić information content (AvgIpc) is 2.71. The maximum atomic E-state index is 10.6. The lowest BCUT2D eigenvalue weighted by atomic mass is 9.99. The molecule has 1 aliphatic rings. The van der Waals surface area contributed by atoms with Gasteiger partial charge < -0.3 is 5.11 Å². The Labute approximate surface area is 111 Å². The lowest BCUT2D eigenvalue weighted by Crippen LogP contribution is -2.38. The van der Waals surface area contributed by atoms with Crippen molar-refractivity contribution in [1.29, 1.82) is 0 Å². The highest BCUT2D eigenvalue weighted by Gasteiger charge is 2.33. The van der Waals surface area contributed by atoms with Crippen LogP contribution in [0.3, 0.4) is 0 Å². The monoisotopic (exact) mass is 247 g/mol. The minimum Gasteiger partial charge on any atom is -0.387 e. The van der Waals surface area contributed by atoms with Crippen LogP contribution in [0.4, 0.5) is 0 Å². The van der Waals surface area contributed by atoms with Crippen LogP contribution in [0.15, 0.2) is 30.3 Å². The largest absolute Gasteiger partial charge is 0.387 e. The molecule has 1 aliphatic heterocycles. The van der Waals surface area contributed by atoms with Crippen molar-refractivity contribution in [2.75, 3.05) is 13.1 Å². The number of aliphatic hydroxyl groups is 1. The topological polar surface area (TPSA) is 23.5 Å². The molecule has 18 heavy (non-hydrogen) atoms. The highest BCUT2D eigenvalue weighted by Crippen LogP contribution is 2.30. The van der Waals surface area contributed by atoms with Gasteiger partial charge in [0.1, 0.15) is 0 Å². The summed E-state index contributed by atoms with van der Waals surface area (Å²) >= 11 is 0. The predicted octanol–water partition coefficient (Wildman–Crippen LogP) is 3.09. The van der Waals surface area contributed by atoms with Gasteiger partial charge >= 0.3 is 0 Å². The molecule has 0 saturated carbocycles. The molecule has 0 bridgehead atoms. The Morgan fingerprint density at radius 2 is 1.72 bits per heavy atom. The van der Waals surface area contributed by atoms with Gasteiger partial charge in [-0.15, -0.1) is 0 Å². The van der Waals surface area contributed by atoms with E-state index in [1.54, 1.807) is 0 Å². The van der Waals surface area contributed by atoms with Crippen LogP contribution in [0.2, 0.25) is 0 Å². The van der Waals surface area contributed by atoms with Crippen LogP contribution in [0, 0.1) is 11.8 Å². The number of aliphatic hydroxyl groups excluding tert-OH is 1. The third-order valence-electron chi connectivity index (χ3n) is 4.41. The van der Waals surface area contributed by atoms with Gasteiger partial charge in [0.05, 0.1) is 6.10 Å². The van der Waals surface area contributed by atoms with E-state index in [1.165, 1.54) is 0 Å². The van der Waals surface area contributed by atoms with E-state index < -0.39 is 0 Å². The molecule has 1 aromatic rings. The highest BCUT2D eigenvalue weighted by molar-refractivity contribution is 5.19. The molecule has 0 spiro atoms. The summed E-state index contributed by atoms with van der Waals surface area (Å²) in [6.07, 6.45) is 0.629. The van der Waals surface area contributed by atoms with Crippen molar-refractivity contribution in [1.82, 2.24) is 4.90 Å². The molecule has 1 fully saturated rings. The van der Waals surface area contributed by atoms with E-state index in [0.29, 0.717) is 0 Å². The lowest BCUT2D eigenvalue weighted by molar-refractivity contribution is 0.0562. The number of rotatable bonds is 4. The summed E-state index contributed by atoms with van der Waals surface area (Å²) in [4.78, 5) is 2.47. The molecule has 1 heterocycles. The van der Waals surface area contributed by atoms with Crippen LogP contribution in [0.25, 0.3) is 0 Å². The van der Waals surface area contributed by atoms with Crippen LogP contribution in [-0.2, 0) is 0 Å². The molecule has 1 saturated heterocycles. The Morgan fingerprint density at radius 3 is 2.22 bits per heavy atom. The second-order valence-corrected chi connectivity index (χ2v) is 5.74. The Balaban J connectivity index is 2.09. The van der Waals surface area contributed by atoms with E-state index in [2.05, 4.69) is 25.7 Å². The first kappa shape index (κ1) is 13.6. The van der Waals surface area contributed by atoms with Crippen LogP contribution in [0.5, 0.6) is 0 Å². The Morgan fingerprint density at radius 1 is 1.17 bits per heavy atom. The third-order valence-corrected chi connectivity index (χ3v) is 4.41.